The van der Waals surface area contributed by atoms with Gasteiger partial charge in [-0.15, -0.1) is 0 Å². The first kappa shape index (κ1) is 20.6. The zero-order valence-corrected chi connectivity index (χ0v) is 17.3. The van der Waals surface area contributed by atoms with E-state index in [9.17, 15) is 4.79 Å². The Balaban J connectivity index is 1.78. The lowest BCUT2D eigenvalue weighted by Crippen LogP contribution is -2.39. The van der Waals surface area contributed by atoms with Crippen LogP contribution < -0.4 is 15.5 Å². The van der Waals surface area contributed by atoms with Crippen LogP contribution in [0, 0.1) is 0 Å². The average Bonchev–Trinajstić information content (AvgIpc) is 3.07. The lowest BCUT2D eigenvalue weighted by molar-refractivity contribution is -0.118. The van der Waals surface area contributed by atoms with Crippen LogP contribution in [-0.4, -0.2) is 49.0 Å². The largest absolute Gasteiger partial charge is 0.357 e. The number of hydrogen-bond acceptors (Lipinski definition) is 3. The molecule has 0 aromatic heterocycles. The Morgan fingerprint density at radius 1 is 1.31 bits per heavy atom. The van der Waals surface area contributed by atoms with Gasteiger partial charge in [-0.05, 0) is 51.5 Å². The molecule has 2 N–H and O–H groups in total. The zero-order chi connectivity index (χ0) is 19.0. The Kier molecular flexibility index (Phi) is 7.82. The summed E-state index contributed by atoms with van der Waals surface area (Å²) >= 11 is 1.82. The number of nitrogens with zero attached hydrogens (tertiary/aromatic N) is 2. The highest BCUT2D eigenvalue weighted by Gasteiger charge is 2.23. The van der Waals surface area contributed by atoms with Crippen molar-refractivity contribution in [3.63, 3.8) is 0 Å². The minimum atomic E-state index is 0.126. The minimum Gasteiger partial charge on any atom is -0.357 e. The van der Waals surface area contributed by atoms with E-state index in [-0.39, 0.29) is 10.7 Å². The number of rotatable bonds is 8. The van der Waals surface area contributed by atoms with Gasteiger partial charge in [0.1, 0.15) is 0 Å². The molecule has 0 saturated carbocycles. The maximum absolute atomic E-state index is 12.5. The highest BCUT2D eigenvalue weighted by atomic mass is 32.2. The van der Waals surface area contributed by atoms with Gasteiger partial charge in [0, 0.05) is 36.5 Å². The van der Waals surface area contributed by atoms with E-state index in [1.54, 1.807) is 0 Å². The Hall–Kier alpha value is -1.69. The molecule has 0 bridgehead atoms. The number of guanidine groups is 1. The number of aliphatic imine (C=N–C) groups is 1. The number of anilines is 1. The van der Waals surface area contributed by atoms with Crippen molar-refractivity contribution in [3.05, 3.63) is 29.8 Å². The second-order valence-electron chi connectivity index (χ2n) is 7.11. The average molecular weight is 377 g/mol. The number of carbonyl (C=O) groups excluding carboxylic acids is 1. The van der Waals surface area contributed by atoms with Crippen LogP contribution in [0.15, 0.2) is 29.3 Å². The number of nitrogens with one attached hydrogen (secondary N) is 2. The summed E-state index contributed by atoms with van der Waals surface area (Å²) in [6, 6.07) is 8.19. The molecule has 0 fully saturated rings. The Morgan fingerprint density at radius 3 is 2.81 bits per heavy atom. The first-order chi connectivity index (χ1) is 12.5. The van der Waals surface area contributed by atoms with Gasteiger partial charge in [-0.25, -0.2) is 0 Å². The highest BCUT2D eigenvalue weighted by Crippen LogP contribution is 2.28. The third-order valence-electron chi connectivity index (χ3n) is 4.56. The van der Waals surface area contributed by atoms with Crippen LogP contribution in [0.2, 0.25) is 0 Å². The third kappa shape index (κ3) is 5.94. The third-order valence-corrected chi connectivity index (χ3v) is 5.80. The molecule has 0 unspecified atom stereocenters. The lowest BCUT2D eigenvalue weighted by Gasteiger charge is -2.20. The van der Waals surface area contributed by atoms with E-state index in [0.29, 0.717) is 6.42 Å². The minimum absolute atomic E-state index is 0.126. The molecule has 1 aromatic carbocycles. The number of para-hydroxylation sites is 1. The van der Waals surface area contributed by atoms with Crippen LogP contribution in [0.3, 0.4) is 0 Å². The summed E-state index contributed by atoms with van der Waals surface area (Å²) in [7, 11) is 0. The van der Waals surface area contributed by atoms with Crippen molar-refractivity contribution in [1.82, 2.24) is 10.6 Å². The van der Waals surface area contributed by atoms with Gasteiger partial charge in [0.15, 0.2) is 5.96 Å². The first-order valence-electron chi connectivity index (χ1n) is 9.42. The highest BCUT2D eigenvalue weighted by molar-refractivity contribution is 7.99. The molecule has 0 radical (unpaired) electrons. The molecule has 144 valence electrons. The molecule has 0 saturated heterocycles. The number of amides is 1. The second-order valence-corrected chi connectivity index (χ2v) is 8.63. The molecular weight excluding hydrogens is 344 g/mol. The molecular formula is C20H32N4OS. The van der Waals surface area contributed by atoms with Crippen LogP contribution in [0.5, 0.6) is 0 Å². The van der Waals surface area contributed by atoms with Gasteiger partial charge in [0.05, 0.1) is 6.54 Å². The predicted octanol–water partition coefficient (Wildman–Crippen LogP) is 3.05. The smallest absolute Gasteiger partial charge is 0.227 e. The lowest BCUT2D eigenvalue weighted by atomic mass is 10.2. The predicted molar refractivity (Wildman–Crippen MR) is 113 cm³/mol. The van der Waals surface area contributed by atoms with Gasteiger partial charge in [-0.1, -0.05) is 18.2 Å². The van der Waals surface area contributed by atoms with Crippen LogP contribution in [0.1, 0.15) is 39.2 Å². The van der Waals surface area contributed by atoms with Gasteiger partial charge in [-0.3, -0.25) is 9.79 Å². The Bertz CT molecular complexity index is 630. The van der Waals surface area contributed by atoms with Crippen LogP contribution in [0.25, 0.3) is 0 Å². The van der Waals surface area contributed by atoms with Gasteiger partial charge in [0.2, 0.25) is 5.91 Å². The topological polar surface area (TPSA) is 56.7 Å². The van der Waals surface area contributed by atoms with Crippen molar-refractivity contribution >= 4 is 29.3 Å². The summed E-state index contributed by atoms with van der Waals surface area (Å²) in [4.78, 5) is 19.1. The number of fused-ring (bicyclic) bond motifs is 1. The molecule has 1 aliphatic heterocycles. The zero-order valence-electron chi connectivity index (χ0n) is 16.5. The molecule has 1 aliphatic rings. The molecule has 5 nitrogen and oxygen atoms in total. The van der Waals surface area contributed by atoms with E-state index in [2.05, 4.69) is 48.7 Å². The molecule has 1 heterocycles. The van der Waals surface area contributed by atoms with Crippen LogP contribution in [-0.2, 0) is 11.2 Å². The van der Waals surface area contributed by atoms with E-state index < -0.39 is 0 Å². The summed E-state index contributed by atoms with van der Waals surface area (Å²) in [5.74, 6) is 1.04. The van der Waals surface area contributed by atoms with Gasteiger partial charge in [-0.2, -0.15) is 11.8 Å². The summed E-state index contributed by atoms with van der Waals surface area (Å²) < 4.78 is 0.126. The number of thioether (sulfide) groups is 1. The summed E-state index contributed by atoms with van der Waals surface area (Å²) in [5, 5.41) is 6.61. The monoisotopic (exact) mass is 376 g/mol. The van der Waals surface area contributed by atoms with Crippen molar-refractivity contribution in [2.45, 2.75) is 44.8 Å². The van der Waals surface area contributed by atoms with E-state index in [1.165, 1.54) is 5.56 Å². The van der Waals surface area contributed by atoms with Gasteiger partial charge >= 0.3 is 0 Å². The maximum Gasteiger partial charge on any atom is 0.227 e. The molecule has 1 amide bonds. The van der Waals surface area contributed by atoms with E-state index in [0.717, 1.165) is 50.7 Å². The van der Waals surface area contributed by atoms with E-state index >= 15 is 0 Å². The molecule has 2 rings (SSSR count). The van der Waals surface area contributed by atoms with Crippen molar-refractivity contribution in [2.75, 3.05) is 37.3 Å². The van der Waals surface area contributed by atoms with Crippen LogP contribution >= 0.6 is 11.8 Å². The maximum atomic E-state index is 12.5. The number of hydrogen-bond donors (Lipinski definition) is 2. The van der Waals surface area contributed by atoms with Gasteiger partial charge in [0.25, 0.3) is 0 Å². The molecule has 0 aliphatic carbocycles. The quantitative estimate of drug-likeness (QED) is 0.416. The fourth-order valence-corrected chi connectivity index (χ4v) is 3.05. The number of benzene rings is 1. The van der Waals surface area contributed by atoms with Crippen molar-refractivity contribution in [3.8, 4) is 0 Å². The first-order valence-corrected chi connectivity index (χ1v) is 10.6. The summed E-state index contributed by atoms with van der Waals surface area (Å²) in [6.45, 7) is 9.58. The van der Waals surface area contributed by atoms with Crippen LogP contribution in [0.4, 0.5) is 5.69 Å². The molecule has 6 heteroatoms. The molecule has 1 aromatic rings. The molecule has 0 spiro atoms. The van der Waals surface area contributed by atoms with Crippen molar-refractivity contribution in [2.24, 2.45) is 4.99 Å². The van der Waals surface area contributed by atoms with Crippen molar-refractivity contribution < 1.29 is 4.79 Å². The Labute approximate surface area is 162 Å². The van der Waals surface area contributed by atoms with E-state index in [4.69, 9.17) is 0 Å². The SMILES string of the molecule is CCNC(=NCC(C)(C)SC)NCCCC(=O)N1CCc2ccccc21. The Morgan fingerprint density at radius 2 is 2.08 bits per heavy atom. The standard InChI is InChI=1S/C20H32N4OS/c1-5-21-19(23-15-20(2,3)26-4)22-13-8-11-18(25)24-14-12-16-9-6-7-10-17(16)24/h6-7,9-10H,5,8,11-15H2,1-4H3,(H2,21,22,23). The van der Waals surface area contributed by atoms with Gasteiger partial charge < -0.3 is 15.5 Å². The second kappa shape index (κ2) is 9.86. The fraction of sp³-hybridized carbons (Fsp3) is 0.600. The van der Waals surface area contributed by atoms with Crippen molar-refractivity contribution in [1.29, 1.82) is 0 Å². The summed E-state index contributed by atoms with van der Waals surface area (Å²) in [5.41, 5.74) is 2.36. The molecule has 26 heavy (non-hydrogen) atoms. The molecule has 0 atom stereocenters. The normalized spacial score (nSPS) is 14.3. The fourth-order valence-electron chi connectivity index (χ4n) is 2.85. The number of carbonyl (C=O) groups is 1. The van der Waals surface area contributed by atoms with E-state index in [1.807, 2.05) is 34.9 Å². The summed E-state index contributed by atoms with van der Waals surface area (Å²) in [6.07, 6.45) is 4.42.